The van der Waals surface area contributed by atoms with E-state index in [0.29, 0.717) is 11.2 Å². The van der Waals surface area contributed by atoms with Gasteiger partial charge in [-0.1, -0.05) is 17.7 Å². The summed E-state index contributed by atoms with van der Waals surface area (Å²) < 4.78 is 5.53. The second kappa shape index (κ2) is 6.73. The molecule has 0 bridgehead atoms. The lowest BCUT2D eigenvalue weighted by Crippen LogP contribution is -2.42. The molecule has 0 radical (unpaired) electrons. The molecular formula is C14H21N3OS. The van der Waals surface area contributed by atoms with Crippen LogP contribution >= 0.6 is 12.2 Å². The molecule has 1 fully saturated rings. The molecule has 2 rings (SSSR count). The Morgan fingerprint density at radius 2 is 2.26 bits per heavy atom. The van der Waals surface area contributed by atoms with Gasteiger partial charge in [-0.3, -0.25) is 10.9 Å². The van der Waals surface area contributed by atoms with Gasteiger partial charge >= 0.3 is 0 Å². The monoisotopic (exact) mass is 279 g/mol. The number of ether oxygens (including phenoxy) is 1. The van der Waals surface area contributed by atoms with Crippen LogP contribution in [0.2, 0.25) is 0 Å². The second-order valence-corrected chi connectivity index (χ2v) is 5.32. The van der Waals surface area contributed by atoms with Gasteiger partial charge in [-0.15, -0.1) is 0 Å². The summed E-state index contributed by atoms with van der Waals surface area (Å²) >= 11 is 5.22. The van der Waals surface area contributed by atoms with Crippen LogP contribution in [0.25, 0.3) is 0 Å². The number of hydrazine groups is 1. The Balaban J connectivity index is 1.73. The first-order valence-electron chi connectivity index (χ1n) is 6.64. The van der Waals surface area contributed by atoms with E-state index in [0.717, 1.165) is 31.7 Å². The highest BCUT2D eigenvalue weighted by Gasteiger charge is 2.15. The van der Waals surface area contributed by atoms with Crippen LogP contribution in [0, 0.1) is 13.8 Å². The zero-order chi connectivity index (χ0) is 13.7. The highest BCUT2D eigenvalue weighted by atomic mass is 32.1. The summed E-state index contributed by atoms with van der Waals surface area (Å²) in [5.74, 6) is 0. The maximum absolute atomic E-state index is 5.53. The number of rotatable bonds is 4. The van der Waals surface area contributed by atoms with Crippen molar-refractivity contribution >= 4 is 23.0 Å². The molecule has 1 atom stereocenters. The van der Waals surface area contributed by atoms with Crippen LogP contribution in [0.15, 0.2) is 18.2 Å². The van der Waals surface area contributed by atoms with E-state index in [-0.39, 0.29) is 0 Å². The quantitative estimate of drug-likeness (QED) is 0.583. The fraction of sp³-hybridized carbons (Fsp3) is 0.500. The van der Waals surface area contributed by atoms with Crippen molar-refractivity contribution < 1.29 is 4.74 Å². The largest absolute Gasteiger partial charge is 0.376 e. The number of hydrogen-bond acceptors (Lipinski definition) is 3. The molecule has 0 spiro atoms. The topological polar surface area (TPSA) is 45.3 Å². The summed E-state index contributed by atoms with van der Waals surface area (Å²) in [4.78, 5) is 0. The number of anilines is 1. The molecule has 1 aliphatic heterocycles. The third kappa shape index (κ3) is 4.36. The van der Waals surface area contributed by atoms with Crippen LogP contribution in [0.4, 0.5) is 5.69 Å². The molecule has 3 N–H and O–H groups in total. The van der Waals surface area contributed by atoms with Crippen LogP contribution in [-0.2, 0) is 4.74 Å². The van der Waals surface area contributed by atoms with Gasteiger partial charge in [0.2, 0.25) is 0 Å². The van der Waals surface area contributed by atoms with Crippen LogP contribution in [0.3, 0.4) is 0 Å². The van der Waals surface area contributed by atoms with Crippen LogP contribution in [-0.4, -0.2) is 24.4 Å². The second-order valence-electron chi connectivity index (χ2n) is 4.91. The first-order chi connectivity index (χ1) is 9.15. The summed E-state index contributed by atoms with van der Waals surface area (Å²) in [5.41, 5.74) is 9.59. The summed E-state index contributed by atoms with van der Waals surface area (Å²) in [7, 11) is 0. The minimum atomic E-state index is 0.292. The van der Waals surface area contributed by atoms with Gasteiger partial charge in [-0.2, -0.15) is 0 Å². The van der Waals surface area contributed by atoms with Gasteiger partial charge in [-0.05, 0) is 50.5 Å². The van der Waals surface area contributed by atoms with Crippen LogP contribution in [0.1, 0.15) is 24.0 Å². The highest BCUT2D eigenvalue weighted by molar-refractivity contribution is 7.80. The molecule has 1 saturated heterocycles. The molecule has 1 aromatic rings. The van der Waals surface area contributed by atoms with E-state index in [2.05, 4.69) is 42.1 Å². The summed E-state index contributed by atoms with van der Waals surface area (Å²) in [6.45, 7) is 5.78. The third-order valence-electron chi connectivity index (χ3n) is 3.21. The first-order valence-corrected chi connectivity index (χ1v) is 7.04. The van der Waals surface area contributed by atoms with Crippen molar-refractivity contribution in [1.82, 2.24) is 10.7 Å². The smallest absolute Gasteiger partial charge is 0.185 e. The summed E-state index contributed by atoms with van der Waals surface area (Å²) in [6.07, 6.45) is 2.55. The Morgan fingerprint density at radius 3 is 2.95 bits per heavy atom. The molecule has 1 heterocycles. The molecule has 104 valence electrons. The predicted molar refractivity (Wildman–Crippen MR) is 82.2 cm³/mol. The first kappa shape index (κ1) is 14.1. The Morgan fingerprint density at radius 1 is 1.42 bits per heavy atom. The van der Waals surface area contributed by atoms with Crippen molar-refractivity contribution in [2.24, 2.45) is 0 Å². The highest BCUT2D eigenvalue weighted by Crippen LogP contribution is 2.14. The third-order valence-corrected chi connectivity index (χ3v) is 3.45. The van der Waals surface area contributed by atoms with Crippen molar-refractivity contribution in [3.05, 3.63) is 29.3 Å². The average Bonchev–Trinajstić information content (AvgIpc) is 2.88. The summed E-state index contributed by atoms with van der Waals surface area (Å²) in [6, 6.07) is 6.24. The Labute approximate surface area is 119 Å². The molecule has 1 aromatic carbocycles. The Kier molecular flexibility index (Phi) is 4.99. The van der Waals surface area contributed by atoms with Gasteiger partial charge in [0.25, 0.3) is 0 Å². The van der Waals surface area contributed by atoms with Crippen LogP contribution in [0.5, 0.6) is 0 Å². The van der Waals surface area contributed by atoms with Gasteiger partial charge in [0.15, 0.2) is 5.11 Å². The van der Waals surface area contributed by atoms with E-state index in [4.69, 9.17) is 17.0 Å². The van der Waals surface area contributed by atoms with E-state index in [1.807, 2.05) is 6.07 Å². The van der Waals surface area contributed by atoms with Gasteiger partial charge in [0, 0.05) is 13.2 Å². The number of benzene rings is 1. The molecule has 0 aliphatic carbocycles. The van der Waals surface area contributed by atoms with Gasteiger partial charge in [-0.25, -0.2) is 0 Å². The lowest BCUT2D eigenvalue weighted by molar-refractivity contribution is 0.114. The van der Waals surface area contributed by atoms with Crippen LogP contribution < -0.4 is 16.2 Å². The molecule has 0 amide bonds. The van der Waals surface area contributed by atoms with Crippen molar-refractivity contribution in [2.75, 3.05) is 18.6 Å². The number of hydrogen-bond donors (Lipinski definition) is 3. The molecule has 19 heavy (non-hydrogen) atoms. The minimum absolute atomic E-state index is 0.292. The fourth-order valence-electron chi connectivity index (χ4n) is 2.13. The molecule has 1 unspecified atom stereocenters. The molecular weight excluding hydrogens is 258 g/mol. The fourth-order valence-corrected chi connectivity index (χ4v) is 2.27. The standard InChI is InChI=1S/C14H21N3OS/c1-10-5-6-13(11(2)8-10)16-17-14(19)15-9-12-4-3-7-18-12/h5-6,8,12,16H,3-4,7,9H2,1-2H3,(H2,15,17,19). The zero-order valence-electron chi connectivity index (χ0n) is 11.5. The summed E-state index contributed by atoms with van der Waals surface area (Å²) in [5, 5.41) is 3.75. The number of thiocarbonyl (C=S) groups is 1. The van der Waals surface area contributed by atoms with Gasteiger partial charge in [0.05, 0.1) is 11.8 Å². The average molecular weight is 279 g/mol. The maximum atomic E-state index is 5.53. The number of nitrogens with one attached hydrogen (secondary N) is 3. The Bertz CT molecular complexity index is 444. The van der Waals surface area contributed by atoms with Crippen molar-refractivity contribution in [3.8, 4) is 0 Å². The van der Waals surface area contributed by atoms with E-state index < -0.39 is 0 Å². The van der Waals surface area contributed by atoms with Crippen molar-refractivity contribution in [2.45, 2.75) is 32.8 Å². The zero-order valence-corrected chi connectivity index (χ0v) is 12.3. The van der Waals surface area contributed by atoms with Crippen molar-refractivity contribution in [3.63, 3.8) is 0 Å². The SMILES string of the molecule is Cc1ccc(NNC(=S)NCC2CCCO2)c(C)c1. The van der Waals surface area contributed by atoms with E-state index in [9.17, 15) is 0 Å². The van der Waals surface area contributed by atoms with Gasteiger partial charge in [0.1, 0.15) is 0 Å². The Hall–Kier alpha value is -1.33. The van der Waals surface area contributed by atoms with E-state index >= 15 is 0 Å². The maximum Gasteiger partial charge on any atom is 0.185 e. The minimum Gasteiger partial charge on any atom is -0.376 e. The molecule has 0 aromatic heterocycles. The van der Waals surface area contributed by atoms with E-state index in [1.165, 1.54) is 11.1 Å². The lowest BCUT2D eigenvalue weighted by atomic mass is 10.1. The molecule has 1 aliphatic rings. The molecule has 0 saturated carbocycles. The van der Waals surface area contributed by atoms with Crippen molar-refractivity contribution in [1.29, 1.82) is 0 Å². The normalized spacial score (nSPS) is 18.1. The predicted octanol–water partition coefficient (Wildman–Crippen LogP) is 2.27. The lowest BCUT2D eigenvalue weighted by Gasteiger charge is -2.16. The van der Waals surface area contributed by atoms with Gasteiger partial charge < -0.3 is 10.1 Å². The molecule has 5 heteroatoms. The van der Waals surface area contributed by atoms with E-state index in [1.54, 1.807) is 0 Å². The number of aryl methyl sites for hydroxylation is 2. The molecule has 4 nitrogen and oxygen atoms in total.